The van der Waals surface area contributed by atoms with Gasteiger partial charge in [-0.15, -0.1) is 0 Å². The van der Waals surface area contributed by atoms with Gasteiger partial charge in [0.25, 0.3) is 5.91 Å². The fourth-order valence-corrected chi connectivity index (χ4v) is 4.51. The summed E-state index contributed by atoms with van der Waals surface area (Å²) in [6.45, 7) is 2.47. The minimum absolute atomic E-state index is 0.0783. The van der Waals surface area contributed by atoms with Crippen LogP contribution in [0.15, 0.2) is 48.5 Å². The Morgan fingerprint density at radius 3 is 2.15 bits per heavy atom. The molecule has 0 bridgehead atoms. The number of carbonyl (C=O) groups is 1. The van der Waals surface area contributed by atoms with Crippen molar-refractivity contribution in [2.24, 2.45) is 0 Å². The highest BCUT2D eigenvalue weighted by Gasteiger charge is 2.36. The van der Waals surface area contributed by atoms with E-state index in [1.54, 1.807) is 0 Å². The SMILES string of the molecule is CCOC1NC(=O)c2c1c1c3ccccc3[nH]c1c1[nH]c3ccccc3c21. The molecule has 6 rings (SSSR count). The Kier molecular flexibility index (Phi) is 2.81. The van der Waals surface area contributed by atoms with Gasteiger partial charge in [-0.25, -0.2) is 0 Å². The minimum Gasteiger partial charge on any atom is -0.354 e. The first-order valence-corrected chi connectivity index (χ1v) is 9.17. The summed E-state index contributed by atoms with van der Waals surface area (Å²) < 4.78 is 5.91. The molecule has 3 aromatic carbocycles. The number of carbonyl (C=O) groups excluding carboxylic acids is 1. The Morgan fingerprint density at radius 2 is 1.48 bits per heavy atom. The van der Waals surface area contributed by atoms with E-state index in [0.29, 0.717) is 6.61 Å². The first-order valence-electron chi connectivity index (χ1n) is 9.17. The molecule has 5 nitrogen and oxygen atoms in total. The van der Waals surface area contributed by atoms with E-state index < -0.39 is 6.23 Å². The van der Waals surface area contributed by atoms with Gasteiger partial charge in [-0.2, -0.15) is 0 Å². The van der Waals surface area contributed by atoms with Crippen LogP contribution in [0.2, 0.25) is 0 Å². The van der Waals surface area contributed by atoms with Gasteiger partial charge in [-0.3, -0.25) is 4.79 Å². The highest BCUT2D eigenvalue weighted by molar-refractivity contribution is 6.30. The molecule has 0 spiro atoms. The molecule has 1 aliphatic heterocycles. The molecular formula is C22H17N3O2. The Morgan fingerprint density at radius 1 is 0.889 bits per heavy atom. The molecule has 3 N–H and O–H groups in total. The number of aromatic nitrogens is 2. The summed E-state index contributed by atoms with van der Waals surface area (Å²) in [5.74, 6) is -0.0783. The van der Waals surface area contributed by atoms with E-state index >= 15 is 0 Å². The number of H-pyrrole nitrogens is 2. The number of fused-ring (bicyclic) bond motifs is 10. The van der Waals surface area contributed by atoms with Gasteiger partial charge in [0, 0.05) is 44.7 Å². The monoisotopic (exact) mass is 355 g/mol. The van der Waals surface area contributed by atoms with E-state index in [1.165, 1.54) is 0 Å². The zero-order valence-electron chi connectivity index (χ0n) is 14.7. The molecule has 27 heavy (non-hydrogen) atoms. The summed E-state index contributed by atoms with van der Waals surface area (Å²) in [4.78, 5) is 20.1. The fourth-order valence-electron chi connectivity index (χ4n) is 4.51. The van der Waals surface area contributed by atoms with Crippen molar-refractivity contribution >= 4 is 49.5 Å². The largest absolute Gasteiger partial charge is 0.354 e. The van der Waals surface area contributed by atoms with Gasteiger partial charge in [0.2, 0.25) is 0 Å². The van der Waals surface area contributed by atoms with Gasteiger partial charge in [-0.05, 0) is 19.1 Å². The quantitative estimate of drug-likeness (QED) is 0.428. The molecule has 0 saturated heterocycles. The third-order valence-electron chi connectivity index (χ3n) is 5.54. The first-order chi connectivity index (χ1) is 13.3. The molecule has 132 valence electrons. The molecule has 0 radical (unpaired) electrons. The lowest BCUT2D eigenvalue weighted by Crippen LogP contribution is -2.21. The molecule has 5 aromatic rings. The zero-order valence-corrected chi connectivity index (χ0v) is 14.7. The Labute approximate surface area is 154 Å². The van der Waals surface area contributed by atoms with Crippen LogP contribution in [0.3, 0.4) is 0 Å². The van der Waals surface area contributed by atoms with Crippen LogP contribution < -0.4 is 5.32 Å². The lowest BCUT2D eigenvalue weighted by molar-refractivity contribution is 0.0425. The predicted octanol–water partition coefficient (Wildman–Crippen LogP) is 4.73. The highest BCUT2D eigenvalue weighted by atomic mass is 16.5. The third-order valence-corrected chi connectivity index (χ3v) is 5.54. The summed E-state index contributed by atoms with van der Waals surface area (Å²) >= 11 is 0. The molecule has 1 aliphatic rings. The zero-order chi connectivity index (χ0) is 18.1. The Balaban J connectivity index is 1.93. The molecule has 2 aromatic heterocycles. The van der Waals surface area contributed by atoms with Gasteiger partial charge in [0.15, 0.2) is 6.23 Å². The molecule has 5 heteroatoms. The van der Waals surface area contributed by atoms with Crippen LogP contribution in [-0.2, 0) is 4.74 Å². The second-order valence-corrected chi connectivity index (χ2v) is 6.94. The molecule has 0 aliphatic carbocycles. The first kappa shape index (κ1) is 14.8. The standard InChI is InChI=1S/C22H17N3O2/c1-2-27-22-18-16-12-8-4-6-10-14(12)24-20(16)19-15(17(18)21(26)25-22)11-7-3-5-9-13(11)23-19/h3-10,22-24H,2H2,1H3,(H,25,26). The van der Waals surface area contributed by atoms with Crippen molar-refractivity contribution in [2.75, 3.05) is 6.61 Å². The lowest BCUT2D eigenvalue weighted by atomic mass is 9.96. The van der Waals surface area contributed by atoms with E-state index in [1.807, 2.05) is 37.3 Å². The Hall–Kier alpha value is -3.31. The second-order valence-electron chi connectivity index (χ2n) is 6.94. The highest BCUT2D eigenvalue weighted by Crippen LogP contribution is 2.44. The van der Waals surface area contributed by atoms with Gasteiger partial charge < -0.3 is 20.0 Å². The molecule has 3 heterocycles. The van der Waals surface area contributed by atoms with Crippen molar-refractivity contribution in [2.45, 2.75) is 13.2 Å². The average Bonchev–Trinajstić information content (AvgIpc) is 3.33. The number of hydrogen-bond acceptors (Lipinski definition) is 2. The molecule has 1 unspecified atom stereocenters. The summed E-state index contributed by atoms with van der Waals surface area (Å²) in [5.41, 5.74) is 5.71. The van der Waals surface area contributed by atoms with Crippen LogP contribution in [0.25, 0.3) is 43.6 Å². The predicted molar refractivity (Wildman–Crippen MR) is 107 cm³/mol. The summed E-state index contributed by atoms with van der Waals surface area (Å²) in [6.07, 6.45) is -0.433. The van der Waals surface area contributed by atoms with Crippen molar-refractivity contribution in [3.8, 4) is 0 Å². The van der Waals surface area contributed by atoms with Crippen molar-refractivity contribution < 1.29 is 9.53 Å². The second kappa shape index (κ2) is 5.11. The van der Waals surface area contributed by atoms with Gasteiger partial charge in [-0.1, -0.05) is 36.4 Å². The van der Waals surface area contributed by atoms with Crippen LogP contribution in [0.5, 0.6) is 0 Å². The number of ether oxygens (including phenoxy) is 1. The van der Waals surface area contributed by atoms with Crippen LogP contribution in [0.1, 0.15) is 29.1 Å². The Bertz CT molecular complexity index is 1390. The lowest BCUT2D eigenvalue weighted by Gasteiger charge is -2.13. The van der Waals surface area contributed by atoms with Crippen molar-refractivity contribution in [1.29, 1.82) is 0 Å². The molecule has 0 saturated carbocycles. The number of benzene rings is 3. The number of nitrogens with one attached hydrogen (secondary N) is 3. The smallest absolute Gasteiger partial charge is 0.254 e. The normalized spacial score (nSPS) is 16.6. The van der Waals surface area contributed by atoms with Gasteiger partial charge in [0.05, 0.1) is 16.6 Å². The fraction of sp³-hybridized carbons (Fsp3) is 0.136. The van der Waals surface area contributed by atoms with E-state index in [9.17, 15) is 4.79 Å². The number of aromatic amines is 2. The van der Waals surface area contributed by atoms with Crippen LogP contribution >= 0.6 is 0 Å². The van der Waals surface area contributed by atoms with Crippen LogP contribution in [-0.4, -0.2) is 22.5 Å². The van der Waals surface area contributed by atoms with Crippen molar-refractivity contribution in [3.63, 3.8) is 0 Å². The number of hydrogen-bond donors (Lipinski definition) is 3. The summed E-state index contributed by atoms with van der Waals surface area (Å²) in [7, 11) is 0. The molecule has 1 atom stereocenters. The van der Waals surface area contributed by atoms with Crippen LogP contribution in [0, 0.1) is 0 Å². The average molecular weight is 355 g/mol. The van der Waals surface area contributed by atoms with Gasteiger partial charge in [0.1, 0.15) is 0 Å². The number of rotatable bonds is 2. The topological polar surface area (TPSA) is 69.9 Å². The maximum atomic E-state index is 13.0. The van der Waals surface area contributed by atoms with Gasteiger partial charge >= 0.3 is 0 Å². The van der Waals surface area contributed by atoms with Crippen molar-refractivity contribution in [3.05, 3.63) is 59.7 Å². The molecule has 0 fully saturated rings. The molecular weight excluding hydrogens is 338 g/mol. The van der Waals surface area contributed by atoms with Crippen LogP contribution in [0.4, 0.5) is 0 Å². The molecule has 1 amide bonds. The van der Waals surface area contributed by atoms with E-state index in [4.69, 9.17) is 4.74 Å². The maximum Gasteiger partial charge on any atom is 0.254 e. The number of amides is 1. The van der Waals surface area contributed by atoms with Crippen molar-refractivity contribution in [1.82, 2.24) is 15.3 Å². The summed E-state index contributed by atoms with van der Waals surface area (Å²) in [6, 6.07) is 16.3. The maximum absolute atomic E-state index is 13.0. The number of para-hydroxylation sites is 2. The third kappa shape index (κ3) is 1.79. The van der Waals surface area contributed by atoms with E-state index in [2.05, 4.69) is 33.5 Å². The summed E-state index contributed by atoms with van der Waals surface area (Å²) in [5, 5.41) is 7.19. The minimum atomic E-state index is -0.433. The van der Waals surface area contributed by atoms with E-state index in [-0.39, 0.29) is 5.91 Å². The van der Waals surface area contributed by atoms with E-state index in [0.717, 1.165) is 54.7 Å².